The van der Waals surface area contributed by atoms with Gasteiger partial charge in [0.1, 0.15) is 11.8 Å². The summed E-state index contributed by atoms with van der Waals surface area (Å²) >= 11 is 0. The molecular weight excluding hydrogens is 252 g/mol. The first-order valence-electron chi connectivity index (χ1n) is 6.21. The third-order valence-electron chi connectivity index (χ3n) is 2.96. The third-order valence-corrected chi connectivity index (χ3v) is 2.96. The molecule has 2 heterocycles. The number of amides is 1. The summed E-state index contributed by atoms with van der Waals surface area (Å²) in [6, 6.07) is 8.96. The van der Waals surface area contributed by atoms with Crippen LogP contribution in [-0.4, -0.2) is 34.4 Å². The van der Waals surface area contributed by atoms with Crippen molar-refractivity contribution in [3.8, 4) is 6.07 Å². The molecule has 5 nitrogen and oxygen atoms in total. The van der Waals surface area contributed by atoms with Gasteiger partial charge < -0.3 is 4.90 Å². The quantitative estimate of drug-likeness (QED) is 0.844. The number of nitriles is 1. The van der Waals surface area contributed by atoms with Gasteiger partial charge in [-0.1, -0.05) is 0 Å². The van der Waals surface area contributed by atoms with Gasteiger partial charge in [0.15, 0.2) is 0 Å². The van der Waals surface area contributed by atoms with Gasteiger partial charge >= 0.3 is 0 Å². The molecule has 1 amide bonds. The fraction of sp³-hybridized carbons (Fsp3) is 0.200. The first-order chi connectivity index (χ1) is 9.70. The molecule has 2 aromatic rings. The number of aromatic nitrogens is 2. The molecule has 100 valence electrons. The second-order valence-electron chi connectivity index (χ2n) is 4.38. The van der Waals surface area contributed by atoms with Gasteiger partial charge in [-0.25, -0.2) is 4.98 Å². The maximum atomic E-state index is 12.2. The van der Waals surface area contributed by atoms with Crippen LogP contribution in [0.2, 0.25) is 0 Å². The molecule has 2 rings (SSSR count). The average molecular weight is 266 g/mol. The molecule has 0 atom stereocenters. The number of likely N-dealkylation sites (N-methyl/N-ethyl adjacent to an activating group) is 1. The van der Waals surface area contributed by atoms with Crippen LogP contribution in [0.3, 0.4) is 0 Å². The Morgan fingerprint density at radius 3 is 2.65 bits per heavy atom. The van der Waals surface area contributed by atoms with Crippen molar-refractivity contribution < 1.29 is 4.79 Å². The monoisotopic (exact) mass is 266 g/mol. The lowest BCUT2D eigenvalue weighted by molar-refractivity contribution is 0.0796. The Balaban J connectivity index is 1.96. The predicted molar refractivity (Wildman–Crippen MR) is 73.9 cm³/mol. The van der Waals surface area contributed by atoms with Gasteiger partial charge in [-0.05, 0) is 36.2 Å². The first kappa shape index (κ1) is 13.7. The van der Waals surface area contributed by atoms with E-state index in [1.54, 1.807) is 36.5 Å². The summed E-state index contributed by atoms with van der Waals surface area (Å²) < 4.78 is 0. The average Bonchev–Trinajstić information content (AvgIpc) is 2.53. The maximum absolute atomic E-state index is 12.2. The van der Waals surface area contributed by atoms with Crippen LogP contribution >= 0.6 is 0 Å². The minimum Gasteiger partial charge on any atom is -0.341 e. The highest BCUT2D eigenvalue weighted by molar-refractivity contribution is 5.93. The van der Waals surface area contributed by atoms with Crippen LogP contribution in [0.15, 0.2) is 42.9 Å². The summed E-state index contributed by atoms with van der Waals surface area (Å²) in [5, 5.41) is 8.67. The van der Waals surface area contributed by atoms with E-state index in [0.29, 0.717) is 17.8 Å². The lowest BCUT2D eigenvalue weighted by atomic mass is 10.2. The molecule has 0 aromatic carbocycles. The summed E-state index contributed by atoms with van der Waals surface area (Å²) in [7, 11) is 1.75. The zero-order valence-corrected chi connectivity index (χ0v) is 11.2. The topological polar surface area (TPSA) is 69.9 Å². The number of rotatable bonds is 4. The minimum absolute atomic E-state index is 0.101. The number of carbonyl (C=O) groups excluding carboxylic acids is 1. The van der Waals surface area contributed by atoms with E-state index in [1.165, 1.54) is 6.20 Å². The number of pyridine rings is 2. The summed E-state index contributed by atoms with van der Waals surface area (Å²) in [4.78, 5) is 21.7. The molecule has 0 bridgehead atoms. The van der Waals surface area contributed by atoms with Crippen LogP contribution in [0, 0.1) is 11.3 Å². The lowest BCUT2D eigenvalue weighted by Gasteiger charge is -2.17. The van der Waals surface area contributed by atoms with Crippen molar-refractivity contribution in [3.05, 3.63) is 59.7 Å². The van der Waals surface area contributed by atoms with E-state index < -0.39 is 0 Å². The molecule has 2 aromatic heterocycles. The maximum Gasteiger partial charge on any atom is 0.255 e. The van der Waals surface area contributed by atoms with Crippen LogP contribution in [0.5, 0.6) is 0 Å². The van der Waals surface area contributed by atoms with E-state index in [-0.39, 0.29) is 5.91 Å². The van der Waals surface area contributed by atoms with E-state index in [9.17, 15) is 4.79 Å². The fourth-order valence-electron chi connectivity index (χ4n) is 1.75. The van der Waals surface area contributed by atoms with Gasteiger partial charge in [0.25, 0.3) is 5.91 Å². The highest BCUT2D eigenvalue weighted by Gasteiger charge is 2.11. The van der Waals surface area contributed by atoms with Gasteiger partial charge in [0.2, 0.25) is 0 Å². The van der Waals surface area contributed by atoms with Crippen molar-refractivity contribution in [2.45, 2.75) is 6.42 Å². The van der Waals surface area contributed by atoms with Gasteiger partial charge in [-0.3, -0.25) is 9.78 Å². The molecule has 0 aliphatic rings. The highest BCUT2D eigenvalue weighted by atomic mass is 16.2. The Morgan fingerprint density at radius 2 is 2.05 bits per heavy atom. The molecule has 0 aliphatic carbocycles. The van der Waals surface area contributed by atoms with E-state index in [1.807, 2.05) is 18.2 Å². The molecule has 20 heavy (non-hydrogen) atoms. The van der Waals surface area contributed by atoms with Gasteiger partial charge in [0, 0.05) is 32.2 Å². The van der Waals surface area contributed by atoms with Crippen molar-refractivity contribution in [1.82, 2.24) is 14.9 Å². The zero-order chi connectivity index (χ0) is 14.4. The Hall–Kier alpha value is -2.74. The molecule has 0 saturated carbocycles. The summed E-state index contributed by atoms with van der Waals surface area (Å²) in [6.07, 6.45) is 5.68. The molecule has 0 saturated heterocycles. The number of carbonyl (C=O) groups is 1. The highest BCUT2D eigenvalue weighted by Crippen LogP contribution is 2.05. The standard InChI is InChI=1S/C15H14N4O/c1-19(9-6-12-4-7-17-8-5-12)15(20)13-2-3-14(10-16)18-11-13/h2-5,7-8,11H,6,9H2,1H3. The van der Waals surface area contributed by atoms with Crippen LogP contribution in [0.25, 0.3) is 0 Å². The fourth-order valence-corrected chi connectivity index (χ4v) is 1.75. The molecule has 0 aliphatic heterocycles. The van der Waals surface area contributed by atoms with E-state index in [2.05, 4.69) is 9.97 Å². The molecular formula is C15H14N4O. The molecule has 0 spiro atoms. The van der Waals surface area contributed by atoms with Gasteiger partial charge in [0.05, 0.1) is 5.56 Å². The number of nitrogens with zero attached hydrogens (tertiary/aromatic N) is 4. The molecule has 0 N–H and O–H groups in total. The number of hydrogen-bond acceptors (Lipinski definition) is 4. The summed E-state index contributed by atoms with van der Waals surface area (Å²) in [6.45, 7) is 0.614. The van der Waals surface area contributed by atoms with E-state index >= 15 is 0 Å². The van der Waals surface area contributed by atoms with E-state index in [4.69, 9.17) is 5.26 Å². The molecule has 5 heteroatoms. The van der Waals surface area contributed by atoms with Crippen molar-refractivity contribution in [3.63, 3.8) is 0 Å². The van der Waals surface area contributed by atoms with E-state index in [0.717, 1.165) is 12.0 Å². The second-order valence-corrected chi connectivity index (χ2v) is 4.38. The van der Waals surface area contributed by atoms with Gasteiger partial charge in [-0.2, -0.15) is 5.26 Å². The predicted octanol–water partition coefficient (Wildman–Crippen LogP) is 1.66. The minimum atomic E-state index is -0.101. The van der Waals surface area contributed by atoms with Crippen LogP contribution in [-0.2, 0) is 6.42 Å². The zero-order valence-electron chi connectivity index (χ0n) is 11.2. The molecule has 0 unspecified atom stereocenters. The Bertz CT molecular complexity index is 617. The normalized spacial score (nSPS) is 9.80. The molecule has 0 fully saturated rings. The summed E-state index contributed by atoms with van der Waals surface area (Å²) in [5.41, 5.74) is 1.93. The Labute approximate surface area is 117 Å². The largest absolute Gasteiger partial charge is 0.341 e. The SMILES string of the molecule is CN(CCc1ccncc1)C(=O)c1ccc(C#N)nc1. The summed E-state index contributed by atoms with van der Waals surface area (Å²) in [5.74, 6) is -0.101. The van der Waals surface area contributed by atoms with Crippen LogP contribution in [0.4, 0.5) is 0 Å². The number of hydrogen-bond donors (Lipinski definition) is 0. The van der Waals surface area contributed by atoms with Crippen LogP contribution < -0.4 is 0 Å². The van der Waals surface area contributed by atoms with Crippen molar-refractivity contribution in [2.24, 2.45) is 0 Å². The Kier molecular flexibility index (Phi) is 4.40. The first-order valence-corrected chi connectivity index (χ1v) is 6.21. The smallest absolute Gasteiger partial charge is 0.255 e. The van der Waals surface area contributed by atoms with Gasteiger partial charge in [-0.15, -0.1) is 0 Å². The van der Waals surface area contributed by atoms with Crippen molar-refractivity contribution in [1.29, 1.82) is 5.26 Å². The lowest BCUT2D eigenvalue weighted by Crippen LogP contribution is -2.28. The third kappa shape index (κ3) is 3.39. The Morgan fingerprint density at radius 1 is 1.30 bits per heavy atom. The second kappa shape index (κ2) is 6.43. The van der Waals surface area contributed by atoms with Crippen molar-refractivity contribution >= 4 is 5.91 Å². The van der Waals surface area contributed by atoms with Crippen molar-refractivity contribution in [2.75, 3.05) is 13.6 Å². The van der Waals surface area contributed by atoms with Crippen LogP contribution in [0.1, 0.15) is 21.6 Å². The molecule has 0 radical (unpaired) electrons.